The molecule has 0 saturated carbocycles. The van der Waals surface area contributed by atoms with Gasteiger partial charge in [-0.1, -0.05) is 11.8 Å². The molecular formula is C10H14N2O4S3. The Morgan fingerprint density at radius 3 is 2.63 bits per heavy atom. The number of sulfonamides is 1. The molecule has 0 aliphatic heterocycles. The smallest absolute Gasteiger partial charge is 0.226 e. The van der Waals surface area contributed by atoms with Gasteiger partial charge >= 0.3 is 0 Å². The number of thiophene rings is 1. The van der Waals surface area contributed by atoms with E-state index in [1.165, 1.54) is 11.3 Å². The fourth-order valence-electron chi connectivity index (χ4n) is 1.23. The van der Waals surface area contributed by atoms with E-state index >= 15 is 0 Å². The van der Waals surface area contributed by atoms with E-state index in [4.69, 9.17) is 5.73 Å². The monoisotopic (exact) mass is 322 g/mol. The van der Waals surface area contributed by atoms with Crippen LogP contribution in [0.3, 0.4) is 0 Å². The minimum atomic E-state index is -3.86. The van der Waals surface area contributed by atoms with Crippen LogP contribution in [-0.4, -0.2) is 34.7 Å². The quantitative estimate of drug-likeness (QED) is 0.710. The summed E-state index contributed by atoms with van der Waals surface area (Å²) < 4.78 is 47.2. The number of sulfone groups is 1. The van der Waals surface area contributed by atoms with E-state index < -0.39 is 24.9 Å². The summed E-state index contributed by atoms with van der Waals surface area (Å²) in [4.78, 5) is 0.720. The maximum Gasteiger partial charge on any atom is 0.226 e. The SMILES string of the molecule is CS(=O)(=O)CS(=O)(=O)NCc1sccc1C#CCN. The van der Waals surface area contributed by atoms with Crippen molar-refractivity contribution in [3.05, 3.63) is 21.9 Å². The summed E-state index contributed by atoms with van der Waals surface area (Å²) in [5.74, 6) is 5.50. The van der Waals surface area contributed by atoms with Crippen molar-refractivity contribution in [1.29, 1.82) is 0 Å². The third-order valence-electron chi connectivity index (χ3n) is 1.89. The number of hydrogen-bond donors (Lipinski definition) is 2. The highest BCUT2D eigenvalue weighted by Crippen LogP contribution is 2.15. The average molecular weight is 322 g/mol. The van der Waals surface area contributed by atoms with Crippen LogP contribution in [0.25, 0.3) is 0 Å². The Labute approximate surface area is 117 Å². The first-order chi connectivity index (χ1) is 8.73. The zero-order chi connectivity index (χ0) is 14.5. The zero-order valence-electron chi connectivity index (χ0n) is 10.2. The Kier molecular flexibility index (Phi) is 5.51. The molecule has 0 spiro atoms. The molecule has 0 unspecified atom stereocenters. The third-order valence-corrected chi connectivity index (χ3v) is 6.35. The van der Waals surface area contributed by atoms with Crippen LogP contribution >= 0.6 is 11.3 Å². The molecule has 1 aromatic heterocycles. The summed E-state index contributed by atoms with van der Waals surface area (Å²) >= 11 is 1.34. The second-order valence-electron chi connectivity index (χ2n) is 3.74. The van der Waals surface area contributed by atoms with Gasteiger partial charge in [0, 0.05) is 23.2 Å². The molecule has 3 N–H and O–H groups in total. The van der Waals surface area contributed by atoms with E-state index in [2.05, 4.69) is 16.6 Å². The van der Waals surface area contributed by atoms with E-state index in [1.54, 1.807) is 11.4 Å². The first kappa shape index (κ1) is 16.1. The molecular weight excluding hydrogens is 308 g/mol. The predicted molar refractivity (Wildman–Crippen MR) is 75.7 cm³/mol. The molecule has 1 heterocycles. The second-order valence-corrected chi connectivity index (χ2v) is 9.06. The third kappa shape index (κ3) is 6.17. The molecule has 0 atom stereocenters. The van der Waals surface area contributed by atoms with Gasteiger partial charge in [0.15, 0.2) is 14.9 Å². The zero-order valence-corrected chi connectivity index (χ0v) is 12.7. The highest BCUT2D eigenvalue weighted by Gasteiger charge is 2.18. The van der Waals surface area contributed by atoms with Gasteiger partial charge in [-0.25, -0.2) is 21.6 Å². The van der Waals surface area contributed by atoms with E-state index in [0.717, 1.165) is 11.1 Å². The molecule has 9 heteroatoms. The molecule has 1 rings (SSSR count). The number of hydrogen-bond acceptors (Lipinski definition) is 6. The maximum absolute atomic E-state index is 11.5. The van der Waals surface area contributed by atoms with Crippen LogP contribution in [0.4, 0.5) is 0 Å². The molecule has 0 aliphatic rings. The molecule has 0 aliphatic carbocycles. The van der Waals surface area contributed by atoms with Gasteiger partial charge in [-0.3, -0.25) is 0 Å². The van der Waals surface area contributed by atoms with E-state index in [1.807, 2.05) is 0 Å². The second kappa shape index (κ2) is 6.49. The van der Waals surface area contributed by atoms with Gasteiger partial charge in [-0.05, 0) is 11.4 Å². The number of nitrogens with two attached hydrogens (primary N) is 1. The van der Waals surface area contributed by atoms with Crippen LogP contribution in [0.5, 0.6) is 0 Å². The van der Waals surface area contributed by atoms with Crippen molar-refractivity contribution in [1.82, 2.24) is 4.72 Å². The minimum absolute atomic E-state index is 0.0180. The molecule has 19 heavy (non-hydrogen) atoms. The first-order valence-corrected chi connectivity index (χ1v) is 9.73. The lowest BCUT2D eigenvalue weighted by Crippen LogP contribution is -2.29. The molecule has 0 amide bonds. The molecule has 0 aromatic carbocycles. The maximum atomic E-state index is 11.5. The average Bonchev–Trinajstić information content (AvgIpc) is 2.67. The Morgan fingerprint density at radius 1 is 1.37 bits per heavy atom. The van der Waals surface area contributed by atoms with Crippen molar-refractivity contribution in [2.24, 2.45) is 5.73 Å². The standard InChI is InChI=1S/C10H14N2O4S3/c1-18(13,14)8-19(15,16)12-7-10-9(3-2-5-11)4-6-17-10/h4,6,12H,5,7-8,11H2,1H3. The van der Waals surface area contributed by atoms with Crippen molar-refractivity contribution >= 4 is 31.2 Å². The summed E-state index contributed by atoms with van der Waals surface area (Å²) in [5, 5.41) is 0.857. The first-order valence-electron chi connectivity index (χ1n) is 5.14. The van der Waals surface area contributed by atoms with Gasteiger partial charge in [0.05, 0.1) is 6.54 Å². The highest BCUT2D eigenvalue weighted by atomic mass is 32.3. The Balaban J connectivity index is 2.75. The summed E-state index contributed by atoms with van der Waals surface area (Å²) in [5.41, 5.74) is 5.95. The lowest BCUT2D eigenvalue weighted by Gasteiger charge is -2.04. The van der Waals surface area contributed by atoms with Crippen molar-refractivity contribution in [3.63, 3.8) is 0 Å². The van der Waals surface area contributed by atoms with E-state index in [0.29, 0.717) is 5.56 Å². The van der Waals surface area contributed by atoms with Gasteiger partial charge in [0.2, 0.25) is 10.0 Å². The van der Waals surface area contributed by atoms with E-state index in [-0.39, 0.29) is 13.1 Å². The lowest BCUT2D eigenvalue weighted by molar-refractivity contribution is 0.581. The minimum Gasteiger partial charge on any atom is -0.320 e. The summed E-state index contributed by atoms with van der Waals surface area (Å²) in [6.45, 7) is 0.235. The summed E-state index contributed by atoms with van der Waals surface area (Å²) in [6, 6.07) is 1.76. The number of rotatable bonds is 5. The molecule has 0 bridgehead atoms. The Morgan fingerprint density at radius 2 is 2.05 bits per heavy atom. The van der Waals surface area contributed by atoms with Crippen LogP contribution in [0, 0.1) is 11.8 Å². The van der Waals surface area contributed by atoms with Gasteiger partial charge in [-0.15, -0.1) is 11.3 Å². The summed E-state index contributed by atoms with van der Waals surface area (Å²) in [6.07, 6.45) is 0.871. The predicted octanol–water partition coefficient (Wildman–Crippen LogP) is -0.520. The fraction of sp³-hybridized carbons (Fsp3) is 0.400. The topological polar surface area (TPSA) is 106 Å². The molecule has 0 radical (unpaired) electrons. The number of nitrogens with one attached hydrogen (secondary N) is 1. The van der Waals surface area contributed by atoms with Crippen LogP contribution < -0.4 is 10.5 Å². The lowest BCUT2D eigenvalue weighted by atomic mass is 10.2. The molecule has 1 aromatic rings. The van der Waals surface area contributed by atoms with Gasteiger partial charge in [-0.2, -0.15) is 0 Å². The van der Waals surface area contributed by atoms with Crippen LogP contribution in [0.15, 0.2) is 11.4 Å². The largest absolute Gasteiger partial charge is 0.320 e. The van der Waals surface area contributed by atoms with Gasteiger partial charge in [0.1, 0.15) is 0 Å². The van der Waals surface area contributed by atoms with Crippen molar-refractivity contribution < 1.29 is 16.8 Å². The van der Waals surface area contributed by atoms with Crippen LogP contribution in [-0.2, 0) is 26.4 Å². The van der Waals surface area contributed by atoms with Gasteiger partial charge in [0.25, 0.3) is 0 Å². The van der Waals surface area contributed by atoms with Crippen LogP contribution in [0.1, 0.15) is 10.4 Å². The van der Waals surface area contributed by atoms with Gasteiger partial charge < -0.3 is 5.73 Å². The molecule has 0 fully saturated rings. The van der Waals surface area contributed by atoms with Crippen molar-refractivity contribution in [2.75, 3.05) is 17.9 Å². The molecule has 106 valence electrons. The Hall–Kier alpha value is -0.920. The normalized spacial score (nSPS) is 11.9. The molecule has 0 saturated heterocycles. The highest BCUT2D eigenvalue weighted by molar-refractivity contribution is 8.06. The van der Waals surface area contributed by atoms with Crippen molar-refractivity contribution in [2.45, 2.75) is 6.54 Å². The Bertz CT molecular complexity index is 693. The van der Waals surface area contributed by atoms with Crippen molar-refractivity contribution in [3.8, 4) is 11.8 Å². The fourth-order valence-corrected chi connectivity index (χ4v) is 5.05. The van der Waals surface area contributed by atoms with Crippen LogP contribution in [0.2, 0.25) is 0 Å². The van der Waals surface area contributed by atoms with E-state index in [9.17, 15) is 16.8 Å². The molecule has 6 nitrogen and oxygen atoms in total. The summed E-state index contributed by atoms with van der Waals surface area (Å²) in [7, 11) is -7.45.